The van der Waals surface area contributed by atoms with Crippen LogP contribution in [0.4, 0.5) is 10.3 Å². The number of anilines is 1. The van der Waals surface area contributed by atoms with Crippen molar-refractivity contribution < 1.29 is 9.13 Å². The molecule has 0 bridgehead atoms. The van der Waals surface area contributed by atoms with Crippen LogP contribution in [0, 0.1) is 11.7 Å². The number of nitrogens with one attached hydrogen (secondary N) is 1. The Hall–Kier alpha value is -2.05. The minimum Gasteiger partial charge on any atom is -0.376 e. The zero-order valence-electron chi connectivity index (χ0n) is 15.5. The van der Waals surface area contributed by atoms with E-state index in [2.05, 4.69) is 15.2 Å². The smallest absolute Gasteiger partial charge is 0.222 e. The number of benzene rings is 1. The summed E-state index contributed by atoms with van der Waals surface area (Å²) in [6, 6.07) is 7.04. The van der Waals surface area contributed by atoms with Crippen molar-refractivity contribution >= 4 is 5.95 Å². The number of aromatic nitrogens is 2. The number of ether oxygens (including phenoxy) is 1. The Morgan fingerprint density at radius 3 is 3.04 bits per heavy atom. The molecular formula is C21H25FN4O. The van der Waals surface area contributed by atoms with Gasteiger partial charge in [0.2, 0.25) is 5.95 Å². The van der Waals surface area contributed by atoms with Gasteiger partial charge in [-0.05, 0) is 37.8 Å². The molecule has 3 aliphatic rings. The number of hydrogen-bond acceptors (Lipinski definition) is 5. The summed E-state index contributed by atoms with van der Waals surface area (Å²) in [6.45, 7) is 4.60. The second-order valence-electron chi connectivity index (χ2n) is 8.22. The summed E-state index contributed by atoms with van der Waals surface area (Å²) < 4.78 is 19.9. The second-order valence-corrected chi connectivity index (χ2v) is 8.22. The molecule has 3 heterocycles. The van der Waals surface area contributed by atoms with Crippen LogP contribution in [0.5, 0.6) is 0 Å². The predicted molar refractivity (Wildman–Crippen MR) is 101 cm³/mol. The second kappa shape index (κ2) is 6.84. The minimum atomic E-state index is -0.132. The maximum Gasteiger partial charge on any atom is 0.222 e. The molecule has 1 atom stereocenters. The first-order valence-corrected chi connectivity index (χ1v) is 9.86. The third-order valence-corrected chi connectivity index (χ3v) is 6.03. The Morgan fingerprint density at radius 1 is 1.30 bits per heavy atom. The molecule has 5 nitrogen and oxygen atoms in total. The fourth-order valence-corrected chi connectivity index (χ4v) is 4.31. The molecule has 27 heavy (non-hydrogen) atoms. The molecule has 1 aromatic carbocycles. The van der Waals surface area contributed by atoms with Gasteiger partial charge in [0.1, 0.15) is 5.82 Å². The van der Waals surface area contributed by atoms with E-state index < -0.39 is 0 Å². The molecule has 0 radical (unpaired) electrons. The van der Waals surface area contributed by atoms with E-state index in [1.807, 2.05) is 18.3 Å². The maximum atomic E-state index is 14.0. The Balaban J connectivity index is 1.36. The van der Waals surface area contributed by atoms with Gasteiger partial charge >= 0.3 is 0 Å². The van der Waals surface area contributed by atoms with Gasteiger partial charge in [-0.25, -0.2) is 14.4 Å². The van der Waals surface area contributed by atoms with Gasteiger partial charge < -0.3 is 10.1 Å². The first-order chi connectivity index (χ1) is 13.2. The molecule has 142 valence electrons. The minimum absolute atomic E-state index is 0.113. The van der Waals surface area contributed by atoms with Crippen LogP contribution in [-0.4, -0.2) is 41.1 Å². The van der Waals surface area contributed by atoms with Crippen molar-refractivity contribution in [3.63, 3.8) is 0 Å². The third-order valence-electron chi connectivity index (χ3n) is 6.03. The molecule has 1 saturated carbocycles. The summed E-state index contributed by atoms with van der Waals surface area (Å²) in [7, 11) is 0. The van der Waals surface area contributed by atoms with Crippen molar-refractivity contribution in [2.45, 2.75) is 37.8 Å². The highest BCUT2D eigenvalue weighted by Gasteiger charge is 2.45. The molecule has 2 fully saturated rings. The van der Waals surface area contributed by atoms with Gasteiger partial charge in [-0.15, -0.1) is 0 Å². The van der Waals surface area contributed by atoms with E-state index in [9.17, 15) is 4.39 Å². The quantitative estimate of drug-likeness (QED) is 0.879. The lowest BCUT2D eigenvalue weighted by atomic mass is 9.80. The highest BCUT2D eigenvalue weighted by atomic mass is 19.1. The van der Waals surface area contributed by atoms with Gasteiger partial charge in [-0.3, -0.25) is 4.90 Å². The Bertz CT molecular complexity index is 841. The molecule has 6 heteroatoms. The van der Waals surface area contributed by atoms with Crippen molar-refractivity contribution in [3.05, 3.63) is 53.1 Å². The van der Waals surface area contributed by atoms with Gasteiger partial charge in [-0.2, -0.15) is 0 Å². The number of nitrogens with zero attached hydrogens (tertiary/aromatic N) is 3. The number of halogens is 1. The van der Waals surface area contributed by atoms with E-state index in [4.69, 9.17) is 9.72 Å². The van der Waals surface area contributed by atoms with Gasteiger partial charge in [0.05, 0.1) is 24.3 Å². The number of likely N-dealkylation sites (tertiary alicyclic amines) is 1. The molecule has 1 unspecified atom stereocenters. The molecule has 2 aliphatic heterocycles. The third kappa shape index (κ3) is 3.44. The standard InChI is InChI=1S/C21H25FN4O/c22-18-4-2-1-3-16(18)11-26-8-7-21(13-26)14-27-12-17-10-24-20(25-19(17)21)23-9-15-5-6-15/h1-4,10,15H,5-9,11-14H2,(H,23,24,25). The fourth-order valence-electron chi connectivity index (χ4n) is 4.31. The lowest BCUT2D eigenvalue weighted by Gasteiger charge is -2.34. The van der Waals surface area contributed by atoms with E-state index in [-0.39, 0.29) is 11.2 Å². The molecule has 1 spiro atoms. The number of hydrogen-bond donors (Lipinski definition) is 1. The Kier molecular flexibility index (Phi) is 4.32. The maximum absolute atomic E-state index is 14.0. The van der Waals surface area contributed by atoms with E-state index in [1.165, 1.54) is 18.9 Å². The summed E-state index contributed by atoms with van der Waals surface area (Å²) in [5.74, 6) is 1.38. The largest absolute Gasteiger partial charge is 0.376 e. The van der Waals surface area contributed by atoms with Crippen LogP contribution < -0.4 is 5.32 Å². The van der Waals surface area contributed by atoms with E-state index in [0.29, 0.717) is 19.8 Å². The van der Waals surface area contributed by atoms with Gasteiger partial charge in [0.25, 0.3) is 0 Å². The summed E-state index contributed by atoms with van der Waals surface area (Å²) in [6.07, 6.45) is 5.51. The molecule has 2 aromatic rings. The van der Waals surface area contributed by atoms with Crippen LogP contribution in [0.3, 0.4) is 0 Å². The normalized spacial score (nSPS) is 24.9. The van der Waals surface area contributed by atoms with Crippen LogP contribution in [-0.2, 0) is 23.3 Å². The molecule has 1 aromatic heterocycles. The predicted octanol–water partition coefficient (Wildman–Crippen LogP) is 3.11. The molecule has 1 aliphatic carbocycles. The number of rotatable bonds is 5. The molecule has 0 amide bonds. The van der Waals surface area contributed by atoms with Crippen LogP contribution >= 0.6 is 0 Å². The number of fused-ring (bicyclic) bond motifs is 2. The van der Waals surface area contributed by atoms with Crippen molar-refractivity contribution in [1.82, 2.24) is 14.9 Å². The zero-order chi connectivity index (χ0) is 18.3. The Morgan fingerprint density at radius 2 is 2.19 bits per heavy atom. The van der Waals surface area contributed by atoms with Gasteiger partial charge in [0.15, 0.2) is 0 Å². The molecule has 5 rings (SSSR count). The molecule has 1 saturated heterocycles. The average molecular weight is 368 g/mol. The molecular weight excluding hydrogens is 343 g/mol. The van der Waals surface area contributed by atoms with Gasteiger partial charge in [0, 0.05) is 37.0 Å². The summed E-state index contributed by atoms with van der Waals surface area (Å²) in [4.78, 5) is 11.7. The summed E-state index contributed by atoms with van der Waals surface area (Å²) in [5.41, 5.74) is 2.85. The first-order valence-electron chi connectivity index (χ1n) is 9.86. The van der Waals surface area contributed by atoms with Crippen molar-refractivity contribution in [3.8, 4) is 0 Å². The zero-order valence-corrected chi connectivity index (χ0v) is 15.5. The lowest BCUT2D eigenvalue weighted by Crippen LogP contribution is -2.40. The van der Waals surface area contributed by atoms with Crippen molar-refractivity contribution in [2.24, 2.45) is 5.92 Å². The van der Waals surface area contributed by atoms with Crippen LogP contribution in [0.15, 0.2) is 30.5 Å². The average Bonchev–Trinajstić information content (AvgIpc) is 3.44. The van der Waals surface area contributed by atoms with E-state index >= 15 is 0 Å². The van der Waals surface area contributed by atoms with Crippen molar-refractivity contribution in [1.29, 1.82) is 0 Å². The first kappa shape index (κ1) is 17.1. The van der Waals surface area contributed by atoms with Crippen LogP contribution in [0.25, 0.3) is 0 Å². The topological polar surface area (TPSA) is 50.3 Å². The highest BCUT2D eigenvalue weighted by Crippen LogP contribution is 2.40. The monoisotopic (exact) mass is 368 g/mol. The Labute approximate surface area is 159 Å². The van der Waals surface area contributed by atoms with Gasteiger partial charge in [-0.1, -0.05) is 18.2 Å². The summed E-state index contributed by atoms with van der Waals surface area (Å²) in [5, 5.41) is 3.40. The summed E-state index contributed by atoms with van der Waals surface area (Å²) >= 11 is 0. The van der Waals surface area contributed by atoms with E-state index in [0.717, 1.165) is 54.7 Å². The fraction of sp³-hybridized carbons (Fsp3) is 0.524. The van der Waals surface area contributed by atoms with Crippen molar-refractivity contribution in [2.75, 3.05) is 31.6 Å². The molecule has 1 N–H and O–H groups in total. The van der Waals surface area contributed by atoms with E-state index in [1.54, 1.807) is 6.07 Å². The SMILES string of the molecule is Fc1ccccc1CN1CCC2(COCc3cnc(NCC4CC4)nc32)C1. The van der Waals surface area contributed by atoms with Crippen LogP contribution in [0.2, 0.25) is 0 Å². The lowest BCUT2D eigenvalue weighted by molar-refractivity contribution is 0.0503. The highest BCUT2D eigenvalue weighted by molar-refractivity contribution is 5.37. The van der Waals surface area contributed by atoms with Crippen LogP contribution in [0.1, 0.15) is 36.1 Å².